The maximum Gasteiger partial charge on any atom is 0.326 e. The number of carbonyl (C=O) groups is 4. The first-order valence-electron chi connectivity index (χ1n) is 8.80. The summed E-state index contributed by atoms with van der Waals surface area (Å²) in [4.78, 5) is 48.4. The number of carbonyl (C=O) groups excluding carboxylic acids is 3. The van der Waals surface area contributed by atoms with Gasteiger partial charge in [0.05, 0.1) is 4.91 Å². The van der Waals surface area contributed by atoms with Crippen molar-refractivity contribution in [3.8, 4) is 0 Å². The number of amides is 3. The van der Waals surface area contributed by atoms with Gasteiger partial charge in [-0.25, -0.2) is 4.79 Å². The fraction of sp³-hybridized carbons (Fsp3) is 0.316. The molecule has 154 valence electrons. The molecule has 10 heteroatoms. The Bertz CT molecular complexity index is 867. The van der Waals surface area contributed by atoms with Gasteiger partial charge in [0.25, 0.3) is 5.91 Å². The van der Waals surface area contributed by atoms with Gasteiger partial charge >= 0.3 is 5.97 Å². The molecule has 1 saturated heterocycles. The molecule has 0 saturated carbocycles. The molecule has 1 aliphatic rings. The Kier molecular flexibility index (Phi) is 7.91. The number of hydrogen-bond donors (Lipinski definition) is 3. The van der Waals surface area contributed by atoms with Crippen molar-refractivity contribution in [3.63, 3.8) is 0 Å². The van der Waals surface area contributed by atoms with Crippen LogP contribution in [0, 0.1) is 6.92 Å². The van der Waals surface area contributed by atoms with E-state index in [0.29, 0.717) is 9.23 Å². The van der Waals surface area contributed by atoms with Crippen molar-refractivity contribution >= 4 is 58.1 Å². The maximum atomic E-state index is 12.6. The Morgan fingerprint density at radius 3 is 2.52 bits per heavy atom. The van der Waals surface area contributed by atoms with Crippen LogP contribution in [0.5, 0.6) is 0 Å². The normalized spacial score (nSPS) is 16.2. The number of carboxylic acids is 1. The summed E-state index contributed by atoms with van der Waals surface area (Å²) in [5.74, 6) is -2.76. The van der Waals surface area contributed by atoms with E-state index >= 15 is 0 Å². The third kappa shape index (κ3) is 6.68. The molecule has 2 rings (SSSR count). The molecule has 1 aromatic rings. The molecule has 1 heterocycles. The van der Waals surface area contributed by atoms with E-state index in [2.05, 4.69) is 5.32 Å². The summed E-state index contributed by atoms with van der Waals surface area (Å²) < 4.78 is 0.338. The minimum absolute atomic E-state index is 0.0316. The summed E-state index contributed by atoms with van der Waals surface area (Å²) >= 11 is 6.39. The zero-order valence-corrected chi connectivity index (χ0v) is 17.3. The Morgan fingerprint density at radius 1 is 1.28 bits per heavy atom. The van der Waals surface area contributed by atoms with E-state index in [1.165, 1.54) is 4.90 Å². The lowest BCUT2D eigenvalue weighted by atomic mass is 10.1. The molecule has 0 aliphatic carbocycles. The second-order valence-electron chi connectivity index (χ2n) is 6.46. The Hall–Kier alpha value is -2.72. The summed E-state index contributed by atoms with van der Waals surface area (Å²) in [6, 6.07) is 6.45. The first-order valence-corrected chi connectivity index (χ1v) is 10.0. The molecule has 1 atom stereocenters. The minimum Gasteiger partial charge on any atom is -0.480 e. The van der Waals surface area contributed by atoms with E-state index in [1.807, 2.05) is 31.2 Å². The number of nitrogens with one attached hydrogen (secondary N) is 1. The largest absolute Gasteiger partial charge is 0.480 e. The summed E-state index contributed by atoms with van der Waals surface area (Å²) in [5.41, 5.74) is 6.98. The van der Waals surface area contributed by atoms with Crippen LogP contribution >= 0.6 is 24.0 Å². The molecule has 3 amide bonds. The number of nitrogens with two attached hydrogens (primary N) is 1. The number of nitrogens with zero attached hydrogens (tertiary/aromatic N) is 1. The SMILES string of the molecule is Cc1ccc(/C=C2/SC(=S)N(CCC(=O)N[C@@H](CCC(N)=O)C(=O)O)C2=O)cc1. The van der Waals surface area contributed by atoms with Gasteiger partial charge in [-0.1, -0.05) is 53.8 Å². The van der Waals surface area contributed by atoms with Crippen LogP contribution in [0.15, 0.2) is 29.2 Å². The van der Waals surface area contributed by atoms with Gasteiger partial charge in [0.15, 0.2) is 0 Å². The molecule has 0 aromatic heterocycles. The zero-order valence-electron chi connectivity index (χ0n) is 15.7. The van der Waals surface area contributed by atoms with Crippen molar-refractivity contribution in [2.24, 2.45) is 5.73 Å². The van der Waals surface area contributed by atoms with Crippen LogP contribution in [0.2, 0.25) is 0 Å². The van der Waals surface area contributed by atoms with Gasteiger partial charge in [-0.05, 0) is 25.0 Å². The van der Waals surface area contributed by atoms with Crippen LogP contribution in [-0.2, 0) is 19.2 Å². The number of aryl methyl sites for hydroxylation is 1. The predicted molar refractivity (Wildman–Crippen MR) is 114 cm³/mol. The van der Waals surface area contributed by atoms with E-state index in [4.69, 9.17) is 23.1 Å². The monoisotopic (exact) mass is 435 g/mol. The van der Waals surface area contributed by atoms with E-state index < -0.39 is 23.8 Å². The first-order chi connectivity index (χ1) is 13.7. The molecular formula is C19H21N3O5S2. The van der Waals surface area contributed by atoms with Crippen molar-refractivity contribution in [2.45, 2.75) is 32.2 Å². The van der Waals surface area contributed by atoms with E-state index in [9.17, 15) is 19.2 Å². The number of hydrogen-bond acceptors (Lipinski definition) is 6. The van der Waals surface area contributed by atoms with Gasteiger partial charge in [-0.3, -0.25) is 19.3 Å². The Labute approximate surface area is 177 Å². The summed E-state index contributed by atoms with van der Waals surface area (Å²) in [5, 5.41) is 11.5. The highest BCUT2D eigenvalue weighted by Gasteiger charge is 2.32. The number of carboxylic acid groups (broad SMARTS) is 1. The van der Waals surface area contributed by atoms with Crippen molar-refractivity contribution < 1.29 is 24.3 Å². The average Bonchev–Trinajstić information content (AvgIpc) is 2.91. The van der Waals surface area contributed by atoms with E-state index in [1.54, 1.807) is 6.08 Å². The average molecular weight is 436 g/mol. The van der Waals surface area contributed by atoms with Gasteiger partial charge in [-0.2, -0.15) is 0 Å². The standard InChI is InChI=1S/C19H21N3O5S2/c1-11-2-4-12(5-3-11)10-14-17(25)22(19(28)29-14)9-8-16(24)21-13(18(26)27)6-7-15(20)23/h2-5,10,13H,6-9H2,1H3,(H2,20,23)(H,21,24)(H,26,27)/b14-10+/t13-/m0/s1. The summed E-state index contributed by atoms with van der Waals surface area (Å²) in [6.45, 7) is 2.00. The third-order valence-corrected chi connectivity index (χ3v) is 5.50. The molecule has 1 aromatic carbocycles. The second-order valence-corrected chi connectivity index (χ2v) is 8.13. The lowest BCUT2D eigenvalue weighted by Crippen LogP contribution is -2.42. The van der Waals surface area contributed by atoms with Gasteiger partial charge < -0.3 is 16.2 Å². The second kappa shape index (κ2) is 10.2. The van der Waals surface area contributed by atoms with Gasteiger partial charge in [0.2, 0.25) is 11.8 Å². The maximum absolute atomic E-state index is 12.6. The molecular weight excluding hydrogens is 414 g/mol. The molecule has 0 bridgehead atoms. The molecule has 8 nitrogen and oxygen atoms in total. The Balaban J connectivity index is 1.94. The van der Waals surface area contributed by atoms with Crippen LogP contribution in [0.4, 0.5) is 0 Å². The summed E-state index contributed by atoms with van der Waals surface area (Å²) in [7, 11) is 0. The third-order valence-electron chi connectivity index (χ3n) is 4.12. The summed E-state index contributed by atoms with van der Waals surface area (Å²) in [6.07, 6.45) is 1.36. The minimum atomic E-state index is -1.26. The lowest BCUT2D eigenvalue weighted by Gasteiger charge is -2.16. The fourth-order valence-corrected chi connectivity index (χ4v) is 3.84. The van der Waals surface area contributed by atoms with E-state index in [0.717, 1.165) is 22.9 Å². The number of thioether (sulfide) groups is 1. The highest BCUT2D eigenvalue weighted by molar-refractivity contribution is 8.26. The lowest BCUT2D eigenvalue weighted by molar-refractivity contribution is -0.142. The van der Waals surface area contributed by atoms with E-state index in [-0.39, 0.29) is 31.7 Å². The van der Waals surface area contributed by atoms with Crippen molar-refractivity contribution in [3.05, 3.63) is 40.3 Å². The molecule has 29 heavy (non-hydrogen) atoms. The van der Waals surface area contributed by atoms with Gasteiger partial charge in [0.1, 0.15) is 10.4 Å². The molecule has 1 aliphatic heterocycles. The highest BCUT2D eigenvalue weighted by Crippen LogP contribution is 2.32. The predicted octanol–water partition coefficient (Wildman–Crippen LogP) is 1.42. The highest BCUT2D eigenvalue weighted by atomic mass is 32.2. The van der Waals surface area contributed by atoms with Crippen molar-refractivity contribution in [1.82, 2.24) is 10.2 Å². The number of benzene rings is 1. The van der Waals surface area contributed by atoms with Crippen LogP contribution < -0.4 is 11.1 Å². The van der Waals surface area contributed by atoms with Crippen LogP contribution in [0.25, 0.3) is 6.08 Å². The quantitative estimate of drug-likeness (QED) is 0.395. The molecule has 0 radical (unpaired) electrons. The first kappa shape index (κ1) is 22.6. The van der Waals surface area contributed by atoms with Gasteiger partial charge in [0, 0.05) is 19.4 Å². The van der Waals surface area contributed by atoms with Gasteiger partial charge in [-0.15, -0.1) is 0 Å². The smallest absolute Gasteiger partial charge is 0.326 e. The molecule has 0 spiro atoms. The van der Waals surface area contributed by atoms with Crippen LogP contribution in [0.3, 0.4) is 0 Å². The topological polar surface area (TPSA) is 130 Å². The van der Waals surface area contributed by atoms with Crippen molar-refractivity contribution in [1.29, 1.82) is 0 Å². The number of aliphatic carboxylic acids is 1. The molecule has 0 unspecified atom stereocenters. The zero-order chi connectivity index (χ0) is 21.6. The fourth-order valence-electron chi connectivity index (χ4n) is 2.53. The van der Waals surface area contributed by atoms with Crippen LogP contribution in [-0.4, -0.2) is 50.6 Å². The number of primary amides is 1. The van der Waals surface area contributed by atoms with Crippen molar-refractivity contribution in [2.75, 3.05) is 6.54 Å². The molecule has 4 N–H and O–H groups in total. The number of thiocarbonyl (C=S) groups is 1. The number of rotatable bonds is 9. The molecule has 1 fully saturated rings. The van der Waals surface area contributed by atoms with Crippen LogP contribution in [0.1, 0.15) is 30.4 Å². The Morgan fingerprint density at radius 2 is 1.93 bits per heavy atom.